The van der Waals surface area contributed by atoms with Gasteiger partial charge in [-0.05, 0) is 11.5 Å². The average molecular weight is 170 g/mol. The fraction of sp³-hybridized carbons (Fsp3) is 0. The van der Waals surface area contributed by atoms with Crippen LogP contribution in [0.1, 0.15) is 5.69 Å². The van der Waals surface area contributed by atoms with Crippen LogP contribution in [0.25, 0.3) is 10.8 Å². The largest absolute Gasteiger partial charge is 0.618 e. The quantitative estimate of drug-likeness (QED) is 0.442. The number of hydrogen-bond donors (Lipinski definition) is 0. The second kappa shape index (κ2) is 2.76. The Hall–Kier alpha value is -2.08. The van der Waals surface area contributed by atoms with Crippen molar-refractivity contribution in [3.63, 3.8) is 0 Å². The first-order valence-corrected chi connectivity index (χ1v) is 3.83. The molecule has 3 heteroatoms. The number of nitrogens with zero attached hydrogens (tertiary/aromatic N) is 2. The zero-order valence-electron chi connectivity index (χ0n) is 6.77. The summed E-state index contributed by atoms with van der Waals surface area (Å²) in [4.78, 5) is 0. The zero-order valence-corrected chi connectivity index (χ0v) is 6.77. The molecule has 1 heterocycles. The monoisotopic (exact) mass is 170 g/mol. The number of fused-ring (bicyclic) bond motifs is 1. The number of hydrogen-bond acceptors (Lipinski definition) is 2. The Kier molecular flexibility index (Phi) is 1.60. The Labute approximate surface area is 75.0 Å². The van der Waals surface area contributed by atoms with Gasteiger partial charge < -0.3 is 5.21 Å². The second-order valence-corrected chi connectivity index (χ2v) is 2.73. The number of aromatic nitrogens is 1. The minimum Gasteiger partial charge on any atom is -0.618 e. The molecule has 0 saturated carbocycles. The Morgan fingerprint density at radius 2 is 1.92 bits per heavy atom. The number of benzene rings is 1. The van der Waals surface area contributed by atoms with Crippen LogP contribution >= 0.6 is 0 Å². The number of pyridine rings is 1. The molecule has 0 spiro atoms. The lowest BCUT2D eigenvalue weighted by atomic mass is 10.1. The fourth-order valence-corrected chi connectivity index (χ4v) is 1.25. The summed E-state index contributed by atoms with van der Waals surface area (Å²) in [5.74, 6) is 0. The van der Waals surface area contributed by atoms with E-state index < -0.39 is 0 Å². The summed E-state index contributed by atoms with van der Waals surface area (Å²) in [7, 11) is 0. The van der Waals surface area contributed by atoms with Crippen LogP contribution in [-0.2, 0) is 0 Å². The highest BCUT2D eigenvalue weighted by molar-refractivity contribution is 5.81. The Bertz CT molecular complexity index is 500. The lowest BCUT2D eigenvalue weighted by Crippen LogP contribution is -2.29. The molecule has 0 radical (unpaired) electrons. The lowest BCUT2D eigenvalue weighted by molar-refractivity contribution is -0.606. The van der Waals surface area contributed by atoms with Crippen LogP contribution in [0, 0.1) is 16.5 Å². The van der Waals surface area contributed by atoms with Crippen LogP contribution in [-0.4, -0.2) is 0 Å². The van der Waals surface area contributed by atoms with E-state index in [1.54, 1.807) is 6.07 Å². The summed E-state index contributed by atoms with van der Waals surface area (Å²) in [6.45, 7) is 0. The molecule has 2 aromatic rings. The van der Waals surface area contributed by atoms with Crippen molar-refractivity contribution in [1.29, 1.82) is 5.26 Å². The molecule has 0 aliphatic heterocycles. The zero-order chi connectivity index (χ0) is 9.26. The van der Waals surface area contributed by atoms with Crippen molar-refractivity contribution in [3.05, 3.63) is 47.4 Å². The molecule has 1 aromatic heterocycles. The Morgan fingerprint density at radius 1 is 1.23 bits per heavy atom. The van der Waals surface area contributed by atoms with Crippen molar-refractivity contribution < 1.29 is 4.73 Å². The van der Waals surface area contributed by atoms with Gasteiger partial charge in [-0.1, -0.05) is 18.2 Å². The topological polar surface area (TPSA) is 50.7 Å². The highest BCUT2D eigenvalue weighted by Gasteiger charge is 2.04. The van der Waals surface area contributed by atoms with Gasteiger partial charge in [-0.2, -0.15) is 9.99 Å². The summed E-state index contributed by atoms with van der Waals surface area (Å²) in [6.07, 6.45) is 1.41. The molecule has 0 amide bonds. The van der Waals surface area contributed by atoms with E-state index in [-0.39, 0.29) is 5.69 Å². The van der Waals surface area contributed by atoms with Crippen molar-refractivity contribution in [2.45, 2.75) is 0 Å². The van der Waals surface area contributed by atoms with E-state index in [0.29, 0.717) is 4.73 Å². The van der Waals surface area contributed by atoms with Gasteiger partial charge in [0, 0.05) is 11.5 Å². The maximum Gasteiger partial charge on any atom is 0.295 e. The summed E-state index contributed by atoms with van der Waals surface area (Å²) in [6, 6.07) is 10.9. The maximum absolute atomic E-state index is 11.2. The second-order valence-electron chi connectivity index (χ2n) is 2.73. The van der Waals surface area contributed by atoms with Gasteiger partial charge in [-0.25, -0.2) is 0 Å². The third-order valence-electron chi connectivity index (χ3n) is 1.90. The smallest absolute Gasteiger partial charge is 0.295 e. The number of nitriles is 1. The molecule has 3 nitrogen and oxygen atoms in total. The van der Waals surface area contributed by atoms with Gasteiger partial charge in [0.2, 0.25) is 0 Å². The first kappa shape index (κ1) is 7.56. The molecule has 0 atom stereocenters. The molecule has 0 bridgehead atoms. The molecule has 0 unspecified atom stereocenters. The average Bonchev–Trinajstić information content (AvgIpc) is 2.17. The van der Waals surface area contributed by atoms with Crippen LogP contribution in [0.2, 0.25) is 0 Å². The van der Waals surface area contributed by atoms with E-state index in [1.165, 1.54) is 6.20 Å². The third kappa shape index (κ3) is 1.18. The molecular weight excluding hydrogens is 164 g/mol. The minimum atomic E-state index is 0.124. The van der Waals surface area contributed by atoms with E-state index in [1.807, 2.05) is 30.3 Å². The molecule has 62 valence electrons. The summed E-state index contributed by atoms with van der Waals surface area (Å²) >= 11 is 0. The van der Waals surface area contributed by atoms with Gasteiger partial charge in [-0.3, -0.25) is 0 Å². The summed E-state index contributed by atoms with van der Waals surface area (Å²) in [5, 5.41) is 21.5. The van der Waals surface area contributed by atoms with Crippen LogP contribution < -0.4 is 4.73 Å². The first-order valence-electron chi connectivity index (χ1n) is 3.83. The number of rotatable bonds is 0. The standard InChI is InChI=1S/C10H6N2O/c11-6-10-5-8-3-1-2-4-9(8)7-12(10)13/h1-5,7H. The fourth-order valence-electron chi connectivity index (χ4n) is 1.25. The van der Waals surface area contributed by atoms with Crippen molar-refractivity contribution in [1.82, 2.24) is 0 Å². The predicted molar refractivity (Wildman–Crippen MR) is 47.6 cm³/mol. The third-order valence-corrected chi connectivity index (χ3v) is 1.90. The van der Waals surface area contributed by atoms with Crippen LogP contribution in [0.15, 0.2) is 36.5 Å². The highest BCUT2D eigenvalue weighted by Crippen LogP contribution is 2.11. The predicted octanol–water partition coefficient (Wildman–Crippen LogP) is 1.34. The first-order chi connectivity index (χ1) is 6.31. The maximum atomic E-state index is 11.2. The van der Waals surface area contributed by atoms with Gasteiger partial charge in [0.05, 0.1) is 0 Å². The molecule has 2 rings (SSSR count). The molecule has 0 fully saturated rings. The van der Waals surface area contributed by atoms with Crippen LogP contribution in [0.4, 0.5) is 0 Å². The SMILES string of the molecule is N#Cc1cc2ccccc2c[n+]1[O-]. The minimum absolute atomic E-state index is 0.124. The van der Waals surface area contributed by atoms with Crippen LogP contribution in [0.5, 0.6) is 0 Å². The van der Waals surface area contributed by atoms with E-state index >= 15 is 0 Å². The van der Waals surface area contributed by atoms with Crippen molar-refractivity contribution >= 4 is 10.8 Å². The van der Waals surface area contributed by atoms with Gasteiger partial charge in [0.15, 0.2) is 12.3 Å². The lowest BCUT2D eigenvalue weighted by Gasteiger charge is -1.99. The molecule has 0 aliphatic carbocycles. The summed E-state index contributed by atoms with van der Waals surface area (Å²) < 4.78 is 0.586. The molecule has 0 aliphatic rings. The van der Waals surface area contributed by atoms with Crippen LogP contribution in [0.3, 0.4) is 0 Å². The summed E-state index contributed by atoms with van der Waals surface area (Å²) in [5.41, 5.74) is 0.124. The van der Waals surface area contributed by atoms with Gasteiger partial charge in [0.25, 0.3) is 5.69 Å². The molecule has 0 N–H and O–H groups in total. The Balaban J connectivity index is 2.83. The van der Waals surface area contributed by atoms with Gasteiger partial charge in [0.1, 0.15) is 0 Å². The van der Waals surface area contributed by atoms with E-state index in [4.69, 9.17) is 5.26 Å². The van der Waals surface area contributed by atoms with E-state index in [9.17, 15) is 5.21 Å². The van der Waals surface area contributed by atoms with E-state index in [0.717, 1.165) is 10.8 Å². The van der Waals surface area contributed by atoms with E-state index in [2.05, 4.69) is 0 Å². The normalized spacial score (nSPS) is 9.77. The molecule has 1 aromatic carbocycles. The van der Waals surface area contributed by atoms with Gasteiger partial charge >= 0.3 is 0 Å². The Morgan fingerprint density at radius 3 is 2.62 bits per heavy atom. The highest BCUT2D eigenvalue weighted by atomic mass is 16.5. The van der Waals surface area contributed by atoms with Crippen molar-refractivity contribution in [2.75, 3.05) is 0 Å². The molecule has 0 saturated heterocycles. The van der Waals surface area contributed by atoms with Crippen molar-refractivity contribution in [3.8, 4) is 6.07 Å². The molecular formula is C10H6N2O. The molecule has 13 heavy (non-hydrogen) atoms. The van der Waals surface area contributed by atoms with Crippen molar-refractivity contribution in [2.24, 2.45) is 0 Å². The van der Waals surface area contributed by atoms with Gasteiger partial charge in [-0.15, -0.1) is 0 Å².